The van der Waals surface area contributed by atoms with Gasteiger partial charge < -0.3 is 15.0 Å². The highest BCUT2D eigenvalue weighted by molar-refractivity contribution is 6.06. The molecule has 5 nitrogen and oxygen atoms in total. The summed E-state index contributed by atoms with van der Waals surface area (Å²) < 4.78 is 40.5. The Bertz CT molecular complexity index is 1250. The maximum atomic E-state index is 13.4. The number of carbonyl (C=O) groups is 2. The van der Waals surface area contributed by atoms with Gasteiger partial charge in [0, 0.05) is 30.1 Å². The van der Waals surface area contributed by atoms with Crippen LogP contribution in [0, 0.1) is 5.41 Å². The van der Waals surface area contributed by atoms with E-state index in [4.69, 9.17) is 5.11 Å². The van der Waals surface area contributed by atoms with E-state index >= 15 is 0 Å². The van der Waals surface area contributed by atoms with Gasteiger partial charge in [-0.25, -0.2) is 0 Å². The molecule has 2 aromatic carbocycles. The van der Waals surface area contributed by atoms with Gasteiger partial charge in [-0.05, 0) is 67.3 Å². The molecule has 8 heteroatoms. The number of para-hydroxylation sites is 1. The fourth-order valence-electron chi connectivity index (χ4n) is 5.23. The zero-order chi connectivity index (χ0) is 24.1. The van der Waals surface area contributed by atoms with Crippen LogP contribution in [0.4, 0.5) is 13.2 Å². The lowest BCUT2D eigenvalue weighted by Gasteiger charge is -2.28. The molecule has 5 rings (SSSR count). The average molecular weight is 470 g/mol. The minimum atomic E-state index is -4.38. The number of alkyl halides is 3. The number of carboxylic acids is 1. The number of nitrogens with zero attached hydrogens (tertiary/aromatic N) is 1. The minimum Gasteiger partial charge on any atom is -0.481 e. The first kappa shape index (κ1) is 22.5. The van der Waals surface area contributed by atoms with Gasteiger partial charge in [0.05, 0.1) is 16.6 Å². The summed E-state index contributed by atoms with van der Waals surface area (Å²) in [5.74, 6) is -1.02. The van der Waals surface area contributed by atoms with Crippen LogP contribution in [0.3, 0.4) is 0 Å². The first-order valence-corrected chi connectivity index (χ1v) is 11.4. The molecule has 0 saturated heterocycles. The zero-order valence-corrected chi connectivity index (χ0v) is 18.5. The highest BCUT2D eigenvalue weighted by Gasteiger charge is 2.65. The Hall–Kier alpha value is -3.29. The maximum absolute atomic E-state index is 13.4. The van der Waals surface area contributed by atoms with Crippen molar-refractivity contribution >= 4 is 22.8 Å². The largest absolute Gasteiger partial charge is 0.481 e. The molecule has 34 heavy (non-hydrogen) atoms. The van der Waals surface area contributed by atoms with Crippen LogP contribution in [0.15, 0.2) is 54.7 Å². The summed E-state index contributed by atoms with van der Waals surface area (Å²) in [5, 5.41) is 13.2. The second-order valence-corrected chi connectivity index (χ2v) is 9.59. The van der Waals surface area contributed by atoms with E-state index < -0.39 is 17.7 Å². The molecule has 0 bridgehead atoms. The molecule has 0 atom stereocenters. The molecule has 3 aromatic rings. The van der Waals surface area contributed by atoms with Crippen molar-refractivity contribution in [1.82, 2.24) is 9.88 Å². The molecule has 1 heterocycles. The van der Waals surface area contributed by atoms with Gasteiger partial charge in [-0.2, -0.15) is 13.2 Å². The van der Waals surface area contributed by atoms with E-state index in [1.165, 1.54) is 12.1 Å². The number of rotatable bonds is 8. The highest BCUT2D eigenvalue weighted by Crippen LogP contribution is 2.66. The second kappa shape index (κ2) is 7.89. The van der Waals surface area contributed by atoms with Gasteiger partial charge in [0.25, 0.3) is 5.91 Å². The first-order chi connectivity index (χ1) is 16.1. The number of nitrogens with one attached hydrogen (secondary N) is 1. The van der Waals surface area contributed by atoms with E-state index in [9.17, 15) is 22.8 Å². The van der Waals surface area contributed by atoms with Crippen LogP contribution in [0.25, 0.3) is 10.9 Å². The van der Waals surface area contributed by atoms with E-state index in [0.29, 0.717) is 24.1 Å². The standard InChI is InChI=1S/C26H25F3N2O3/c27-26(28,29)19-6-4-17(5-7-19)16-31-15-9-18-2-1-3-20(22(18)31)23(34)30-25(13-14-25)24(11-12-24)10-8-21(32)33/h1-7,9,15H,8,10-14,16H2,(H,30,34)(H,32,33). The van der Waals surface area contributed by atoms with Crippen molar-refractivity contribution in [3.63, 3.8) is 0 Å². The number of carbonyl (C=O) groups excluding carboxylic acids is 1. The van der Waals surface area contributed by atoms with Crippen LogP contribution in [-0.2, 0) is 17.5 Å². The molecule has 2 fully saturated rings. The molecular weight excluding hydrogens is 445 g/mol. The average Bonchev–Trinajstić information content (AvgIpc) is 3.71. The normalized spacial score (nSPS) is 18.0. The number of fused-ring (bicyclic) bond motifs is 1. The Kier molecular flexibility index (Phi) is 5.22. The summed E-state index contributed by atoms with van der Waals surface area (Å²) in [4.78, 5) is 24.5. The lowest BCUT2D eigenvalue weighted by atomic mass is 9.88. The predicted octanol–water partition coefficient (Wildman–Crippen LogP) is 5.62. The lowest BCUT2D eigenvalue weighted by Crippen LogP contribution is -2.44. The molecule has 2 aliphatic carbocycles. The number of hydrogen-bond acceptors (Lipinski definition) is 2. The van der Waals surface area contributed by atoms with Crippen LogP contribution in [0.5, 0.6) is 0 Å². The molecule has 1 aromatic heterocycles. The van der Waals surface area contributed by atoms with Crippen molar-refractivity contribution in [2.24, 2.45) is 5.41 Å². The van der Waals surface area contributed by atoms with E-state index in [0.717, 1.165) is 48.7 Å². The molecule has 2 saturated carbocycles. The van der Waals surface area contributed by atoms with Gasteiger partial charge in [-0.3, -0.25) is 9.59 Å². The Labute approximate surface area is 194 Å². The topological polar surface area (TPSA) is 71.3 Å². The second-order valence-electron chi connectivity index (χ2n) is 9.59. The Morgan fingerprint density at radius 1 is 1.00 bits per heavy atom. The third-order valence-electron chi connectivity index (χ3n) is 7.46. The molecule has 0 aliphatic heterocycles. The van der Waals surface area contributed by atoms with Gasteiger partial charge in [0.2, 0.25) is 0 Å². The van der Waals surface area contributed by atoms with Crippen molar-refractivity contribution in [3.05, 3.63) is 71.4 Å². The molecule has 2 aliphatic rings. The Balaban J connectivity index is 1.39. The van der Waals surface area contributed by atoms with Crippen LogP contribution in [0.2, 0.25) is 0 Å². The molecule has 178 valence electrons. The van der Waals surface area contributed by atoms with E-state index in [-0.39, 0.29) is 23.3 Å². The van der Waals surface area contributed by atoms with Gasteiger partial charge in [0.1, 0.15) is 0 Å². The summed E-state index contributed by atoms with van der Waals surface area (Å²) in [6.07, 6.45) is 1.67. The predicted molar refractivity (Wildman–Crippen MR) is 120 cm³/mol. The third-order valence-corrected chi connectivity index (χ3v) is 7.46. The fraction of sp³-hybridized carbons (Fsp3) is 0.385. The smallest absolute Gasteiger partial charge is 0.416 e. The lowest BCUT2D eigenvalue weighted by molar-refractivity contribution is -0.138. The number of hydrogen-bond donors (Lipinski definition) is 2. The van der Waals surface area contributed by atoms with Gasteiger partial charge in [0.15, 0.2) is 0 Å². The minimum absolute atomic E-state index is 0.100. The molecule has 0 spiro atoms. The molecule has 0 radical (unpaired) electrons. The summed E-state index contributed by atoms with van der Waals surface area (Å²) in [5.41, 5.74) is 0.773. The van der Waals surface area contributed by atoms with Crippen molar-refractivity contribution in [2.75, 3.05) is 0 Å². The van der Waals surface area contributed by atoms with E-state index in [2.05, 4.69) is 5.32 Å². The van der Waals surface area contributed by atoms with Crippen molar-refractivity contribution < 1.29 is 27.9 Å². The quantitative estimate of drug-likeness (QED) is 0.449. The number of aromatic nitrogens is 1. The summed E-state index contributed by atoms with van der Waals surface area (Å²) in [6, 6.07) is 12.4. The fourth-order valence-corrected chi connectivity index (χ4v) is 5.23. The summed E-state index contributed by atoms with van der Waals surface area (Å²) in [7, 11) is 0. The number of benzene rings is 2. The number of amides is 1. The Morgan fingerprint density at radius 2 is 1.71 bits per heavy atom. The SMILES string of the molecule is O=C(O)CCC1(C2(NC(=O)c3cccc4ccn(Cc5ccc(C(F)(F)F)cc5)c34)CC2)CC1. The number of aliphatic carboxylic acids is 1. The van der Waals surface area contributed by atoms with Gasteiger partial charge in [-0.15, -0.1) is 0 Å². The van der Waals surface area contributed by atoms with E-state index in [1.807, 2.05) is 29.0 Å². The monoisotopic (exact) mass is 470 g/mol. The van der Waals surface area contributed by atoms with E-state index in [1.54, 1.807) is 6.07 Å². The van der Waals surface area contributed by atoms with Crippen molar-refractivity contribution in [3.8, 4) is 0 Å². The molecule has 1 amide bonds. The number of carboxylic acid groups (broad SMARTS) is 1. The molecular formula is C26H25F3N2O3. The van der Waals surface area contributed by atoms with Crippen LogP contribution in [-0.4, -0.2) is 27.1 Å². The van der Waals surface area contributed by atoms with Crippen LogP contribution < -0.4 is 5.32 Å². The van der Waals surface area contributed by atoms with Crippen molar-refractivity contribution in [2.45, 2.75) is 56.8 Å². The maximum Gasteiger partial charge on any atom is 0.416 e. The summed E-state index contributed by atoms with van der Waals surface area (Å²) in [6.45, 7) is 0.333. The van der Waals surface area contributed by atoms with Gasteiger partial charge >= 0.3 is 12.1 Å². The third kappa shape index (κ3) is 4.06. The number of halogens is 3. The van der Waals surface area contributed by atoms with Crippen molar-refractivity contribution in [1.29, 1.82) is 0 Å². The zero-order valence-electron chi connectivity index (χ0n) is 18.5. The Morgan fingerprint density at radius 3 is 2.29 bits per heavy atom. The van der Waals surface area contributed by atoms with Crippen LogP contribution >= 0.6 is 0 Å². The highest BCUT2D eigenvalue weighted by atomic mass is 19.4. The molecule has 0 unspecified atom stereocenters. The van der Waals surface area contributed by atoms with Gasteiger partial charge in [-0.1, -0.05) is 24.3 Å². The summed E-state index contributed by atoms with van der Waals surface area (Å²) >= 11 is 0. The van der Waals surface area contributed by atoms with Crippen LogP contribution in [0.1, 0.15) is 60.0 Å². The molecule has 2 N–H and O–H groups in total. The first-order valence-electron chi connectivity index (χ1n) is 11.4.